The van der Waals surface area contributed by atoms with E-state index in [2.05, 4.69) is 10.6 Å². The van der Waals surface area contributed by atoms with Crippen molar-refractivity contribution in [3.8, 4) is 0 Å². The summed E-state index contributed by atoms with van der Waals surface area (Å²) in [5.74, 6) is -0.00942. The molecule has 1 atom stereocenters. The Morgan fingerprint density at radius 3 is 2.71 bits per heavy atom. The van der Waals surface area contributed by atoms with Gasteiger partial charge in [0, 0.05) is 19.7 Å². The molecule has 4 heteroatoms. The van der Waals surface area contributed by atoms with Crippen molar-refractivity contribution in [2.45, 2.75) is 13.0 Å². The minimum atomic E-state index is -0.00942. The number of nitrogens with one attached hydrogen (secondary N) is 2. The van der Waals surface area contributed by atoms with Crippen LogP contribution in [0, 0.1) is 0 Å². The molecule has 0 unspecified atom stereocenters. The van der Waals surface area contributed by atoms with Crippen molar-refractivity contribution in [3.05, 3.63) is 35.9 Å². The third-order valence-corrected chi connectivity index (χ3v) is 2.50. The Balaban J connectivity index is 2.24. The molecular weight excluding hydrogens is 216 g/mol. The van der Waals surface area contributed by atoms with Crippen LogP contribution in [0.1, 0.15) is 18.5 Å². The van der Waals surface area contributed by atoms with Gasteiger partial charge in [-0.25, -0.2) is 0 Å². The number of carbonyl (C=O) groups excluding carboxylic acids is 1. The lowest BCUT2D eigenvalue weighted by atomic mass is 10.1. The van der Waals surface area contributed by atoms with E-state index in [1.165, 1.54) is 5.56 Å². The van der Waals surface area contributed by atoms with E-state index >= 15 is 0 Å². The number of hydrogen-bond acceptors (Lipinski definition) is 3. The van der Waals surface area contributed by atoms with Crippen LogP contribution in [0.2, 0.25) is 0 Å². The standard InChI is InChI=1S/C13H20N2O2/c1-11(12-6-4-3-5-7-12)15-10-13(16)14-8-9-17-2/h3-7,11,15H,8-10H2,1-2H3,(H,14,16)/t11-/m1/s1. The molecule has 0 fully saturated rings. The van der Waals surface area contributed by atoms with Crippen molar-refractivity contribution < 1.29 is 9.53 Å². The Hall–Kier alpha value is -1.39. The summed E-state index contributed by atoms with van der Waals surface area (Å²) in [6.45, 7) is 3.45. The summed E-state index contributed by atoms with van der Waals surface area (Å²) in [4.78, 5) is 11.4. The number of rotatable bonds is 7. The zero-order valence-corrected chi connectivity index (χ0v) is 10.4. The van der Waals surface area contributed by atoms with E-state index < -0.39 is 0 Å². The number of ether oxygens (including phenoxy) is 1. The Morgan fingerprint density at radius 2 is 2.06 bits per heavy atom. The smallest absolute Gasteiger partial charge is 0.234 e. The van der Waals surface area contributed by atoms with Crippen LogP contribution in [0.3, 0.4) is 0 Å². The number of hydrogen-bond donors (Lipinski definition) is 2. The maximum absolute atomic E-state index is 11.4. The normalized spacial score (nSPS) is 12.1. The maximum Gasteiger partial charge on any atom is 0.234 e. The molecule has 0 saturated carbocycles. The van der Waals surface area contributed by atoms with Crippen LogP contribution < -0.4 is 10.6 Å². The lowest BCUT2D eigenvalue weighted by Gasteiger charge is -2.13. The lowest BCUT2D eigenvalue weighted by Crippen LogP contribution is -2.36. The molecule has 1 aromatic carbocycles. The highest BCUT2D eigenvalue weighted by atomic mass is 16.5. The van der Waals surface area contributed by atoms with Crippen LogP contribution in [0.5, 0.6) is 0 Å². The second-order valence-corrected chi connectivity index (χ2v) is 3.86. The first kappa shape index (κ1) is 13.7. The van der Waals surface area contributed by atoms with Gasteiger partial charge < -0.3 is 15.4 Å². The van der Waals surface area contributed by atoms with Crippen molar-refractivity contribution in [2.75, 3.05) is 26.8 Å². The first-order valence-electron chi connectivity index (χ1n) is 5.78. The summed E-state index contributed by atoms with van der Waals surface area (Å²) < 4.78 is 4.85. The molecule has 2 N–H and O–H groups in total. The van der Waals surface area contributed by atoms with E-state index in [4.69, 9.17) is 4.74 Å². The fraction of sp³-hybridized carbons (Fsp3) is 0.462. The molecule has 1 rings (SSSR count). The molecule has 1 amide bonds. The van der Waals surface area contributed by atoms with Crippen LogP contribution in [0.25, 0.3) is 0 Å². The van der Waals surface area contributed by atoms with E-state index in [0.29, 0.717) is 19.7 Å². The average Bonchev–Trinajstić information content (AvgIpc) is 2.37. The quantitative estimate of drug-likeness (QED) is 0.697. The van der Waals surface area contributed by atoms with E-state index in [9.17, 15) is 4.79 Å². The molecule has 4 nitrogen and oxygen atoms in total. The summed E-state index contributed by atoms with van der Waals surface area (Å²) in [6, 6.07) is 10.2. The van der Waals surface area contributed by atoms with Gasteiger partial charge in [-0.15, -0.1) is 0 Å². The first-order chi connectivity index (χ1) is 8.24. The molecule has 0 bridgehead atoms. The Morgan fingerprint density at radius 1 is 1.35 bits per heavy atom. The largest absolute Gasteiger partial charge is 0.383 e. The number of carbonyl (C=O) groups is 1. The molecule has 0 spiro atoms. The van der Waals surface area contributed by atoms with Crippen molar-refractivity contribution in [2.24, 2.45) is 0 Å². The third kappa shape index (κ3) is 5.47. The second kappa shape index (κ2) is 7.81. The van der Waals surface area contributed by atoms with Gasteiger partial charge >= 0.3 is 0 Å². The summed E-state index contributed by atoms with van der Waals surface area (Å²) in [6.07, 6.45) is 0. The van der Waals surface area contributed by atoms with Gasteiger partial charge in [0.05, 0.1) is 13.2 Å². The van der Waals surface area contributed by atoms with Crippen LogP contribution in [-0.2, 0) is 9.53 Å². The highest BCUT2D eigenvalue weighted by Crippen LogP contribution is 2.10. The molecule has 94 valence electrons. The molecule has 0 aliphatic carbocycles. The average molecular weight is 236 g/mol. The van der Waals surface area contributed by atoms with Gasteiger partial charge in [0.1, 0.15) is 0 Å². The maximum atomic E-state index is 11.4. The van der Waals surface area contributed by atoms with Gasteiger partial charge in [-0.05, 0) is 12.5 Å². The topological polar surface area (TPSA) is 50.4 Å². The predicted molar refractivity (Wildman–Crippen MR) is 67.7 cm³/mol. The number of methoxy groups -OCH3 is 1. The Labute approximate surface area is 102 Å². The molecule has 0 heterocycles. The van der Waals surface area contributed by atoms with Gasteiger partial charge in [-0.2, -0.15) is 0 Å². The molecule has 0 radical (unpaired) electrons. The van der Waals surface area contributed by atoms with Gasteiger partial charge in [0.2, 0.25) is 5.91 Å². The Bertz CT molecular complexity index is 327. The monoisotopic (exact) mass is 236 g/mol. The van der Waals surface area contributed by atoms with E-state index in [1.807, 2.05) is 37.3 Å². The molecule has 0 aromatic heterocycles. The minimum Gasteiger partial charge on any atom is -0.383 e. The third-order valence-electron chi connectivity index (χ3n) is 2.50. The summed E-state index contributed by atoms with van der Waals surface area (Å²) in [5, 5.41) is 5.94. The van der Waals surface area contributed by atoms with E-state index in [0.717, 1.165) is 0 Å². The first-order valence-corrected chi connectivity index (χ1v) is 5.78. The zero-order valence-electron chi connectivity index (χ0n) is 10.4. The minimum absolute atomic E-state index is 0.00942. The fourth-order valence-electron chi connectivity index (χ4n) is 1.46. The second-order valence-electron chi connectivity index (χ2n) is 3.86. The van der Waals surface area contributed by atoms with Crippen LogP contribution in [0.4, 0.5) is 0 Å². The van der Waals surface area contributed by atoms with Crippen molar-refractivity contribution in [1.82, 2.24) is 10.6 Å². The lowest BCUT2D eigenvalue weighted by molar-refractivity contribution is -0.120. The van der Waals surface area contributed by atoms with Gasteiger partial charge in [0.15, 0.2) is 0 Å². The SMILES string of the molecule is COCCNC(=O)CN[C@H](C)c1ccccc1. The van der Waals surface area contributed by atoms with Crippen LogP contribution in [0.15, 0.2) is 30.3 Å². The molecule has 0 saturated heterocycles. The summed E-state index contributed by atoms with van der Waals surface area (Å²) >= 11 is 0. The van der Waals surface area contributed by atoms with Crippen molar-refractivity contribution in [1.29, 1.82) is 0 Å². The predicted octanol–water partition coefficient (Wildman–Crippen LogP) is 1.10. The molecule has 17 heavy (non-hydrogen) atoms. The highest BCUT2D eigenvalue weighted by Gasteiger charge is 2.06. The zero-order chi connectivity index (χ0) is 12.5. The van der Waals surface area contributed by atoms with Crippen molar-refractivity contribution >= 4 is 5.91 Å². The van der Waals surface area contributed by atoms with Crippen LogP contribution >= 0.6 is 0 Å². The van der Waals surface area contributed by atoms with Gasteiger partial charge in [-0.1, -0.05) is 30.3 Å². The summed E-state index contributed by atoms with van der Waals surface area (Å²) in [7, 11) is 1.61. The van der Waals surface area contributed by atoms with Gasteiger partial charge in [-0.3, -0.25) is 4.79 Å². The molecule has 0 aliphatic heterocycles. The number of benzene rings is 1. The van der Waals surface area contributed by atoms with Crippen molar-refractivity contribution in [3.63, 3.8) is 0 Å². The van der Waals surface area contributed by atoms with E-state index in [-0.39, 0.29) is 11.9 Å². The summed E-state index contributed by atoms with van der Waals surface area (Å²) in [5.41, 5.74) is 1.18. The molecule has 1 aromatic rings. The van der Waals surface area contributed by atoms with E-state index in [1.54, 1.807) is 7.11 Å². The highest BCUT2D eigenvalue weighted by molar-refractivity contribution is 5.78. The molecule has 0 aliphatic rings. The fourth-order valence-corrected chi connectivity index (χ4v) is 1.46. The molecular formula is C13H20N2O2. The van der Waals surface area contributed by atoms with Gasteiger partial charge in [0.25, 0.3) is 0 Å². The number of amides is 1. The Kier molecular flexibility index (Phi) is 6.29. The van der Waals surface area contributed by atoms with Crippen LogP contribution in [-0.4, -0.2) is 32.7 Å².